The molecular formula is C53H32N2. The number of hydrogen-bond donors (Lipinski definition) is 0. The van der Waals surface area contributed by atoms with E-state index in [1.54, 1.807) is 0 Å². The van der Waals surface area contributed by atoms with Crippen LogP contribution in [0.1, 0.15) is 25.0 Å². The van der Waals surface area contributed by atoms with Gasteiger partial charge in [-0.15, -0.1) is 0 Å². The zero-order valence-electron chi connectivity index (χ0n) is 30.4. The van der Waals surface area contributed by atoms with Gasteiger partial charge in [-0.1, -0.05) is 135 Å². The second kappa shape index (κ2) is 10.2. The molecule has 0 fully saturated rings. The number of fused-ring (bicyclic) bond motifs is 11. The van der Waals surface area contributed by atoms with Gasteiger partial charge in [-0.2, -0.15) is 0 Å². The van der Waals surface area contributed by atoms with Crippen molar-refractivity contribution in [1.29, 1.82) is 0 Å². The monoisotopic (exact) mass is 696 g/mol. The van der Waals surface area contributed by atoms with E-state index in [9.17, 15) is 0 Å². The summed E-state index contributed by atoms with van der Waals surface area (Å²) in [6.07, 6.45) is 0. The van der Waals surface area contributed by atoms with Crippen LogP contribution in [0.4, 0.5) is 0 Å². The van der Waals surface area contributed by atoms with Gasteiger partial charge >= 0.3 is 0 Å². The second-order valence-electron chi connectivity index (χ2n) is 16.1. The van der Waals surface area contributed by atoms with Crippen molar-refractivity contribution in [3.05, 3.63) is 169 Å². The molecule has 2 nitrogen and oxygen atoms in total. The van der Waals surface area contributed by atoms with Gasteiger partial charge in [-0.3, -0.25) is 0 Å². The van der Waals surface area contributed by atoms with E-state index >= 15 is 0 Å². The number of hydrogen-bond acceptors (Lipinski definition) is 2. The predicted octanol–water partition coefficient (Wildman–Crippen LogP) is 14.0. The first-order valence-corrected chi connectivity index (χ1v) is 19.2. The van der Waals surface area contributed by atoms with Crippen molar-refractivity contribution < 1.29 is 0 Å². The molecule has 0 radical (unpaired) electrons. The van der Waals surface area contributed by atoms with Crippen LogP contribution in [-0.2, 0) is 5.41 Å². The van der Waals surface area contributed by atoms with E-state index < -0.39 is 0 Å². The molecule has 3 aliphatic carbocycles. The third-order valence-electron chi connectivity index (χ3n) is 12.9. The van der Waals surface area contributed by atoms with Crippen molar-refractivity contribution in [2.45, 2.75) is 19.3 Å². The van der Waals surface area contributed by atoms with Gasteiger partial charge in [0.25, 0.3) is 0 Å². The molecule has 0 atom stereocenters. The lowest BCUT2D eigenvalue weighted by atomic mass is 9.83. The standard InChI is InChI=1S/C53H32N2/c1-53(2)45-21-23-47(33-17-19-39-43-27-31-11-5-3-9-29(31)25-41(43)37-15-7-13-35(33)49(37)39)54-51(45)52-46(53)22-24-48(55-52)34-18-20-40-44-28-32-12-6-4-10-30(32)26-42(44)38-16-8-14-36(34)50(38)40/h3-28H,1-2H3. The van der Waals surface area contributed by atoms with Crippen molar-refractivity contribution in [2.75, 3.05) is 0 Å². The summed E-state index contributed by atoms with van der Waals surface area (Å²) < 4.78 is 0. The summed E-state index contributed by atoms with van der Waals surface area (Å²) in [4.78, 5) is 11.0. The molecule has 13 rings (SSSR count). The van der Waals surface area contributed by atoms with Gasteiger partial charge in [-0.25, -0.2) is 9.97 Å². The van der Waals surface area contributed by atoms with E-state index in [1.807, 2.05) is 0 Å². The second-order valence-corrected chi connectivity index (χ2v) is 16.1. The van der Waals surface area contributed by atoms with E-state index in [-0.39, 0.29) is 5.41 Å². The molecule has 3 aliphatic rings. The number of pyridine rings is 2. The highest BCUT2D eigenvalue weighted by molar-refractivity contribution is 6.21. The molecule has 0 N–H and O–H groups in total. The quantitative estimate of drug-likeness (QED) is 0.180. The Kier molecular flexibility index (Phi) is 5.47. The van der Waals surface area contributed by atoms with E-state index in [2.05, 4.69) is 172 Å². The summed E-state index contributed by atoms with van der Waals surface area (Å²) in [7, 11) is 0. The third-order valence-corrected chi connectivity index (χ3v) is 12.9. The minimum absolute atomic E-state index is 0.209. The molecule has 0 spiro atoms. The first kappa shape index (κ1) is 29.5. The molecular weight excluding hydrogens is 665 g/mol. The van der Waals surface area contributed by atoms with Gasteiger partial charge in [0.15, 0.2) is 0 Å². The van der Waals surface area contributed by atoms with Gasteiger partial charge in [-0.05, 0) is 135 Å². The average molecular weight is 697 g/mol. The Labute approximate surface area is 318 Å². The molecule has 0 saturated heterocycles. The maximum absolute atomic E-state index is 5.51. The van der Waals surface area contributed by atoms with Crippen LogP contribution in [0.25, 0.3) is 122 Å². The Bertz CT molecular complexity index is 3080. The lowest BCUT2D eigenvalue weighted by Crippen LogP contribution is -2.15. The summed E-state index contributed by atoms with van der Waals surface area (Å²) >= 11 is 0. The van der Waals surface area contributed by atoms with Gasteiger partial charge in [0, 0.05) is 16.5 Å². The molecule has 8 aromatic carbocycles. The van der Waals surface area contributed by atoms with Crippen LogP contribution in [0.2, 0.25) is 0 Å². The summed E-state index contributed by atoms with van der Waals surface area (Å²) in [5.41, 5.74) is 18.9. The number of nitrogens with zero attached hydrogens (tertiary/aromatic N) is 2. The number of rotatable bonds is 2. The largest absolute Gasteiger partial charge is 0.246 e. The Hall–Kier alpha value is -6.90. The molecule has 55 heavy (non-hydrogen) atoms. The molecule has 2 heteroatoms. The first-order chi connectivity index (χ1) is 27.0. The minimum atomic E-state index is -0.209. The van der Waals surface area contributed by atoms with Crippen LogP contribution in [0.5, 0.6) is 0 Å². The smallest absolute Gasteiger partial charge is 0.0937 e. The predicted molar refractivity (Wildman–Crippen MR) is 229 cm³/mol. The average Bonchev–Trinajstić information content (AvgIpc) is 3.79. The molecule has 2 heterocycles. The highest BCUT2D eigenvalue weighted by Crippen LogP contribution is 2.54. The summed E-state index contributed by atoms with van der Waals surface area (Å²) in [5.74, 6) is 0. The van der Waals surface area contributed by atoms with E-state index in [1.165, 1.54) is 98.7 Å². The lowest BCUT2D eigenvalue weighted by molar-refractivity contribution is 0.658. The fourth-order valence-corrected chi connectivity index (χ4v) is 10.3. The van der Waals surface area contributed by atoms with Crippen molar-refractivity contribution in [3.63, 3.8) is 0 Å². The third kappa shape index (κ3) is 3.78. The number of benzene rings is 8. The maximum Gasteiger partial charge on any atom is 0.0937 e. The van der Waals surface area contributed by atoms with Crippen molar-refractivity contribution in [3.8, 4) is 78.4 Å². The Balaban J connectivity index is 0.964. The van der Waals surface area contributed by atoms with Crippen LogP contribution >= 0.6 is 0 Å². The Morgan fingerprint density at radius 1 is 0.327 bits per heavy atom. The molecule has 254 valence electrons. The van der Waals surface area contributed by atoms with Crippen molar-refractivity contribution in [2.24, 2.45) is 0 Å². The fraction of sp³-hybridized carbons (Fsp3) is 0.0566. The van der Waals surface area contributed by atoms with E-state index in [4.69, 9.17) is 9.97 Å². The maximum atomic E-state index is 5.51. The molecule has 0 bridgehead atoms. The van der Waals surface area contributed by atoms with Gasteiger partial charge in [0.05, 0.1) is 22.8 Å². The minimum Gasteiger partial charge on any atom is -0.246 e. The lowest BCUT2D eigenvalue weighted by Gasteiger charge is -2.21. The van der Waals surface area contributed by atoms with Crippen LogP contribution in [-0.4, -0.2) is 9.97 Å². The van der Waals surface area contributed by atoms with Crippen LogP contribution in [0.15, 0.2) is 158 Å². The highest BCUT2D eigenvalue weighted by Gasteiger charge is 2.38. The Morgan fingerprint density at radius 2 is 0.691 bits per heavy atom. The summed E-state index contributed by atoms with van der Waals surface area (Å²) in [6.45, 7) is 4.61. The zero-order valence-corrected chi connectivity index (χ0v) is 30.4. The molecule has 0 unspecified atom stereocenters. The zero-order chi connectivity index (χ0) is 36.2. The van der Waals surface area contributed by atoms with Gasteiger partial charge in [0.2, 0.25) is 0 Å². The van der Waals surface area contributed by atoms with Gasteiger partial charge < -0.3 is 0 Å². The molecule has 0 aliphatic heterocycles. The van der Waals surface area contributed by atoms with Gasteiger partial charge in [0.1, 0.15) is 0 Å². The SMILES string of the molecule is CC1(C)c2ccc(-c3ccc4c5c(cccc35)-c3cc5ccccc5cc3-4)nc2-c2nc(-c3ccc4c5c(cccc35)-c3cc5ccccc5cc3-4)ccc21. The summed E-state index contributed by atoms with van der Waals surface area (Å²) in [6, 6.07) is 58.5. The van der Waals surface area contributed by atoms with E-state index in [0.29, 0.717) is 0 Å². The molecule has 0 amide bonds. The first-order valence-electron chi connectivity index (χ1n) is 19.2. The molecule has 0 saturated carbocycles. The normalized spacial score (nSPS) is 13.8. The van der Waals surface area contributed by atoms with Crippen LogP contribution in [0, 0.1) is 0 Å². The Morgan fingerprint density at radius 3 is 1.09 bits per heavy atom. The fourth-order valence-electron chi connectivity index (χ4n) is 10.3. The summed E-state index contributed by atoms with van der Waals surface area (Å²) in [5, 5.41) is 10.2. The van der Waals surface area contributed by atoms with Crippen molar-refractivity contribution in [1.82, 2.24) is 9.97 Å². The topological polar surface area (TPSA) is 25.8 Å². The molecule has 10 aromatic rings. The number of aromatic nitrogens is 2. The highest BCUT2D eigenvalue weighted by atomic mass is 14.8. The van der Waals surface area contributed by atoms with Crippen LogP contribution < -0.4 is 0 Å². The molecule has 2 aromatic heterocycles. The van der Waals surface area contributed by atoms with Crippen LogP contribution in [0.3, 0.4) is 0 Å². The van der Waals surface area contributed by atoms with Crippen molar-refractivity contribution >= 4 is 43.1 Å². The van der Waals surface area contributed by atoms with E-state index in [0.717, 1.165) is 33.9 Å².